The number of aromatic nitrogens is 2. The maximum absolute atomic E-state index is 6.23. The molecule has 0 bridgehead atoms. The van der Waals surface area contributed by atoms with Crippen molar-refractivity contribution in [2.24, 2.45) is 0 Å². The van der Waals surface area contributed by atoms with E-state index >= 15 is 0 Å². The van der Waals surface area contributed by atoms with Crippen LogP contribution in [0.4, 0.5) is 0 Å². The fraction of sp³-hybridized carbons (Fsp3) is 0.750. The van der Waals surface area contributed by atoms with Gasteiger partial charge in [0.05, 0.1) is 16.4 Å². The van der Waals surface area contributed by atoms with Crippen LogP contribution in [0.2, 0.25) is 5.02 Å². The molecule has 0 radical (unpaired) electrons. The number of nitrogens with one attached hydrogen (secondary N) is 1. The van der Waals surface area contributed by atoms with Crippen molar-refractivity contribution < 1.29 is 4.74 Å². The van der Waals surface area contributed by atoms with Crippen LogP contribution >= 0.6 is 11.6 Å². The van der Waals surface area contributed by atoms with Crippen molar-refractivity contribution >= 4 is 11.6 Å². The van der Waals surface area contributed by atoms with E-state index in [2.05, 4.69) is 24.3 Å². The highest BCUT2D eigenvalue weighted by Crippen LogP contribution is 2.20. The molecule has 1 atom stereocenters. The summed E-state index contributed by atoms with van der Waals surface area (Å²) in [6.07, 6.45) is 0.993. The van der Waals surface area contributed by atoms with E-state index in [1.807, 2.05) is 11.6 Å². The zero-order chi connectivity index (χ0) is 12.8. The van der Waals surface area contributed by atoms with Gasteiger partial charge in [-0.25, -0.2) is 0 Å². The molecule has 0 aliphatic rings. The summed E-state index contributed by atoms with van der Waals surface area (Å²) in [5.41, 5.74) is 1.96. The molecule has 1 aromatic heterocycles. The second-order valence-electron chi connectivity index (χ2n) is 4.23. The first-order valence-corrected chi connectivity index (χ1v) is 6.42. The summed E-state index contributed by atoms with van der Waals surface area (Å²) in [6.45, 7) is 8.52. The summed E-state index contributed by atoms with van der Waals surface area (Å²) >= 11 is 6.23. The van der Waals surface area contributed by atoms with E-state index in [1.165, 1.54) is 0 Å². The number of hydrogen-bond donors (Lipinski definition) is 1. The summed E-state index contributed by atoms with van der Waals surface area (Å²) in [5.74, 6) is 0. The minimum absolute atomic E-state index is 0.409. The predicted octanol–water partition coefficient (Wildman–Crippen LogP) is 2.38. The smallest absolute Gasteiger partial charge is 0.0860 e. The van der Waals surface area contributed by atoms with Crippen LogP contribution in [0.1, 0.15) is 31.7 Å². The molecule has 1 heterocycles. The highest BCUT2D eigenvalue weighted by atomic mass is 35.5. The molecular formula is C12H22ClN3O. The quantitative estimate of drug-likeness (QED) is 0.817. The standard InChI is InChI=1S/C12H22ClN3O/c1-5-16-11(12(13)10(3)15-16)8-14-9(2)6-7-17-4/h9,14H,5-8H2,1-4H3. The average Bonchev–Trinajstić information content (AvgIpc) is 2.60. The summed E-state index contributed by atoms with van der Waals surface area (Å²) in [4.78, 5) is 0. The third-order valence-electron chi connectivity index (χ3n) is 2.83. The van der Waals surface area contributed by atoms with Crippen LogP contribution in [0.3, 0.4) is 0 Å². The van der Waals surface area contributed by atoms with E-state index in [-0.39, 0.29) is 0 Å². The minimum atomic E-state index is 0.409. The molecule has 0 aliphatic carbocycles. The highest BCUT2D eigenvalue weighted by Gasteiger charge is 2.12. The minimum Gasteiger partial charge on any atom is -0.385 e. The molecule has 1 aromatic rings. The molecule has 4 nitrogen and oxygen atoms in total. The Hall–Kier alpha value is -0.580. The van der Waals surface area contributed by atoms with Crippen LogP contribution in [0.15, 0.2) is 0 Å². The molecule has 0 saturated heterocycles. The van der Waals surface area contributed by atoms with Crippen LogP contribution in [-0.2, 0) is 17.8 Å². The first kappa shape index (κ1) is 14.5. The fourth-order valence-corrected chi connectivity index (χ4v) is 1.91. The zero-order valence-corrected chi connectivity index (χ0v) is 11.8. The molecule has 0 fully saturated rings. The van der Waals surface area contributed by atoms with Gasteiger partial charge in [0, 0.05) is 32.8 Å². The van der Waals surface area contributed by atoms with Gasteiger partial charge < -0.3 is 10.1 Å². The van der Waals surface area contributed by atoms with Crippen LogP contribution in [0.25, 0.3) is 0 Å². The van der Waals surface area contributed by atoms with E-state index in [1.54, 1.807) is 7.11 Å². The molecule has 1 unspecified atom stereocenters. The number of hydrogen-bond acceptors (Lipinski definition) is 3. The molecule has 0 spiro atoms. The Morgan fingerprint density at radius 2 is 2.24 bits per heavy atom. The lowest BCUT2D eigenvalue weighted by Crippen LogP contribution is -2.28. The van der Waals surface area contributed by atoms with Gasteiger partial charge in [0.15, 0.2) is 0 Å². The van der Waals surface area contributed by atoms with Crippen molar-refractivity contribution in [1.82, 2.24) is 15.1 Å². The van der Waals surface area contributed by atoms with Crippen molar-refractivity contribution in [3.05, 3.63) is 16.4 Å². The molecule has 17 heavy (non-hydrogen) atoms. The van der Waals surface area contributed by atoms with Crippen molar-refractivity contribution in [3.63, 3.8) is 0 Å². The molecule has 1 rings (SSSR count). The summed E-state index contributed by atoms with van der Waals surface area (Å²) in [7, 11) is 1.72. The first-order valence-electron chi connectivity index (χ1n) is 6.04. The number of aryl methyl sites for hydroxylation is 2. The average molecular weight is 260 g/mol. The molecule has 1 N–H and O–H groups in total. The van der Waals surface area contributed by atoms with E-state index in [4.69, 9.17) is 16.3 Å². The fourth-order valence-electron chi connectivity index (χ4n) is 1.71. The SMILES string of the molecule is CCn1nc(C)c(Cl)c1CNC(C)CCOC. The van der Waals surface area contributed by atoms with Gasteiger partial charge in [0.1, 0.15) is 0 Å². The van der Waals surface area contributed by atoms with Gasteiger partial charge in [-0.3, -0.25) is 4.68 Å². The molecule has 0 saturated carbocycles. The lowest BCUT2D eigenvalue weighted by Gasteiger charge is -2.14. The number of methoxy groups -OCH3 is 1. The normalized spacial score (nSPS) is 13.0. The maximum atomic E-state index is 6.23. The summed E-state index contributed by atoms with van der Waals surface area (Å²) in [6, 6.07) is 0.409. The Bertz CT molecular complexity index is 352. The Kier molecular flexibility index (Phi) is 5.95. The number of ether oxygens (including phenoxy) is 1. The Morgan fingerprint density at radius 1 is 1.53 bits per heavy atom. The van der Waals surface area contributed by atoms with Crippen molar-refractivity contribution in [2.75, 3.05) is 13.7 Å². The third-order valence-corrected chi connectivity index (χ3v) is 3.32. The first-order chi connectivity index (χ1) is 8.10. The topological polar surface area (TPSA) is 39.1 Å². The molecule has 0 aromatic carbocycles. The number of rotatable bonds is 7. The van der Waals surface area contributed by atoms with Crippen molar-refractivity contribution in [1.29, 1.82) is 0 Å². The molecule has 0 amide bonds. The van der Waals surface area contributed by atoms with Crippen LogP contribution < -0.4 is 5.32 Å². The van der Waals surface area contributed by atoms with E-state index in [9.17, 15) is 0 Å². The Morgan fingerprint density at radius 3 is 2.82 bits per heavy atom. The number of nitrogens with zero attached hydrogens (tertiary/aromatic N) is 2. The Labute approximate surface area is 108 Å². The predicted molar refractivity (Wildman–Crippen MR) is 70.4 cm³/mol. The number of halogens is 1. The highest BCUT2D eigenvalue weighted by molar-refractivity contribution is 6.31. The van der Waals surface area contributed by atoms with Gasteiger partial charge in [0.25, 0.3) is 0 Å². The van der Waals surface area contributed by atoms with Crippen molar-refractivity contribution in [2.45, 2.75) is 46.3 Å². The second kappa shape index (κ2) is 6.99. The largest absolute Gasteiger partial charge is 0.385 e. The Balaban J connectivity index is 2.56. The molecular weight excluding hydrogens is 238 g/mol. The van der Waals surface area contributed by atoms with Gasteiger partial charge in [0.2, 0.25) is 0 Å². The third kappa shape index (κ3) is 3.98. The van der Waals surface area contributed by atoms with Gasteiger partial charge in [-0.1, -0.05) is 11.6 Å². The van der Waals surface area contributed by atoms with Crippen LogP contribution in [0.5, 0.6) is 0 Å². The monoisotopic (exact) mass is 259 g/mol. The lowest BCUT2D eigenvalue weighted by atomic mass is 10.2. The summed E-state index contributed by atoms with van der Waals surface area (Å²) in [5, 5.41) is 8.60. The molecule has 0 aliphatic heterocycles. The van der Waals surface area contributed by atoms with E-state index < -0.39 is 0 Å². The van der Waals surface area contributed by atoms with Gasteiger partial charge in [-0.15, -0.1) is 0 Å². The van der Waals surface area contributed by atoms with Crippen LogP contribution in [0, 0.1) is 6.92 Å². The van der Waals surface area contributed by atoms with E-state index in [0.717, 1.165) is 42.5 Å². The second-order valence-corrected chi connectivity index (χ2v) is 4.60. The van der Waals surface area contributed by atoms with Crippen LogP contribution in [-0.4, -0.2) is 29.5 Å². The van der Waals surface area contributed by atoms with Crippen molar-refractivity contribution in [3.8, 4) is 0 Å². The van der Waals surface area contributed by atoms with E-state index in [0.29, 0.717) is 6.04 Å². The summed E-state index contributed by atoms with van der Waals surface area (Å²) < 4.78 is 7.01. The van der Waals surface area contributed by atoms with Gasteiger partial charge >= 0.3 is 0 Å². The van der Waals surface area contributed by atoms with Gasteiger partial charge in [-0.2, -0.15) is 5.10 Å². The maximum Gasteiger partial charge on any atom is 0.0860 e. The zero-order valence-electron chi connectivity index (χ0n) is 11.1. The van der Waals surface area contributed by atoms with Gasteiger partial charge in [-0.05, 0) is 27.2 Å². The molecule has 98 valence electrons. The lowest BCUT2D eigenvalue weighted by molar-refractivity contribution is 0.184. The molecule has 5 heteroatoms.